The number of nitrogens with one attached hydrogen (secondary N) is 3. The summed E-state index contributed by atoms with van der Waals surface area (Å²) in [6.07, 6.45) is 0. The first kappa shape index (κ1) is 20.4. The third-order valence-corrected chi connectivity index (χ3v) is 2.94. The zero-order valence-electron chi connectivity index (χ0n) is 11.7. The van der Waals surface area contributed by atoms with Crippen LogP contribution in [0, 0.1) is 0 Å². The molecule has 0 aliphatic carbocycles. The highest BCUT2D eigenvalue weighted by Gasteiger charge is 2.06. The number of hydrogen-bond acceptors (Lipinski definition) is 4. The van der Waals surface area contributed by atoms with Gasteiger partial charge in [-0.3, -0.25) is 14.4 Å². The van der Waals surface area contributed by atoms with Gasteiger partial charge in [0.2, 0.25) is 11.8 Å². The molecule has 0 radical (unpaired) electrons. The molecular weight excluding hydrogens is 376 g/mol. The number of carbonyl (C=O) groups is 3. The fourth-order valence-corrected chi connectivity index (χ4v) is 1.82. The molecule has 9 heteroatoms. The first-order valence-corrected chi connectivity index (χ1v) is 7.09. The molecule has 7 nitrogen and oxygen atoms in total. The summed E-state index contributed by atoms with van der Waals surface area (Å²) < 4.78 is 0.819. The predicted molar refractivity (Wildman–Crippen MR) is 88.8 cm³/mol. The van der Waals surface area contributed by atoms with Crippen LogP contribution in [-0.2, 0) is 9.59 Å². The molecule has 0 aromatic heterocycles. The Balaban J connectivity index is 0.00000441. The average molecular weight is 394 g/mol. The lowest BCUT2D eigenvalue weighted by atomic mass is 10.2. The van der Waals surface area contributed by atoms with Gasteiger partial charge in [-0.25, -0.2) is 0 Å². The molecule has 122 valence electrons. The first-order valence-electron chi connectivity index (χ1n) is 6.30. The minimum Gasteiger partial charge on any atom is -0.353 e. The van der Waals surface area contributed by atoms with Gasteiger partial charge in [0, 0.05) is 23.1 Å². The molecule has 1 rings (SSSR count). The van der Waals surface area contributed by atoms with Gasteiger partial charge in [-0.15, -0.1) is 12.4 Å². The van der Waals surface area contributed by atoms with E-state index >= 15 is 0 Å². The molecule has 0 atom stereocenters. The Morgan fingerprint density at radius 2 is 1.73 bits per heavy atom. The zero-order chi connectivity index (χ0) is 15.7. The molecule has 0 spiro atoms. The summed E-state index contributed by atoms with van der Waals surface area (Å²) in [6.45, 7) is 0.282. The van der Waals surface area contributed by atoms with Crippen LogP contribution in [0.5, 0.6) is 0 Å². The van der Waals surface area contributed by atoms with Crippen LogP contribution < -0.4 is 21.7 Å². The van der Waals surface area contributed by atoms with Gasteiger partial charge in [-0.1, -0.05) is 22.0 Å². The Labute approximate surface area is 142 Å². The summed E-state index contributed by atoms with van der Waals surface area (Å²) in [4.78, 5) is 34.0. The maximum absolute atomic E-state index is 11.8. The van der Waals surface area contributed by atoms with Gasteiger partial charge in [0.25, 0.3) is 5.91 Å². The van der Waals surface area contributed by atoms with Crippen molar-refractivity contribution in [3.8, 4) is 0 Å². The predicted octanol–water partition coefficient (Wildman–Crippen LogP) is -0.208. The third-order valence-electron chi connectivity index (χ3n) is 2.45. The molecule has 1 aromatic rings. The van der Waals surface area contributed by atoms with Gasteiger partial charge in [0.05, 0.1) is 13.1 Å². The maximum atomic E-state index is 11.8. The largest absolute Gasteiger partial charge is 0.353 e. The molecule has 0 saturated heterocycles. The second-order valence-corrected chi connectivity index (χ2v) is 5.01. The lowest BCUT2D eigenvalue weighted by molar-refractivity contribution is -0.125. The van der Waals surface area contributed by atoms with Crippen molar-refractivity contribution in [1.82, 2.24) is 16.0 Å². The second-order valence-electron chi connectivity index (χ2n) is 4.10. The van der Waals surface area contributed by atoms with Crippen molar-refractivity contribution in [2.75, 3.05) is 26.2 Å². The van der Waals surface area contributed by atoms with E-state index in [-0.39, 0.29) is 43.9 Å². The normalized spacial score (nSPS) is 9.36. The van der Waals surface area contributed by atoms with Crippen molar-refractivity contribution >= 4 is 46.1 Å². The van der Waals surface area contributed by atoms with Crippen molar-refractivity contribution in [1.29, 1.82) is 0 Å². The summed E-state index contributed by atoms with van der Waals surface area (Å²) in [5.74, 6) is -0.955. The first-order chi connectivity index (χ1) is 10.0. The molecule has 0 bridgehead atoms. The molecule has 0 fully saturated rings. The Morgan fingerprint density at radius 1 is 1.05 bits per heavy atom. The molecule has 0 heterocycles. The fourth-order valence-electron chi connectivity index (χ4n) is 1.42. The van der Waals surface area contributed by atoms with Crippen LogP contribution in [0.15, 0.2) is 28.7 Å². The van der Waals surface area contributed by atoms with E-state index in [1.54, 1.807) is 18.2 Å². The average Bonchev–Trinajstić information content (AvgIpc) is 2.48. The van der Waals surface area contributed by atoms with Crippen molar-refractivity contribution in [3.05, 3.63) is 34.3 Å². The Morgan fingerprint density at radius 3 is 2.36 bits per heavy atom. The number of carbonyl (C=O) groups excluding carboxylic acids is 3. The van der Waals surface area contributed by atoms with E-state index in [0.29, 0.717) is 12.1 Å². The molecule has 22 heavy (non-hydrogen) atoms. The van der Waals surface area contributed by atoms with E-state index in [2.05, 4.69) is 31.9 Å². The topological polar surface area (TPSA) is 113 Å². The van der Waals surface area contributed by atoms with Crippen LogP contribution in [0.3, 0.4) is 0 Å². The number of rotatable bonds is 7. The molecule has 0 saturated carbocycles. The molecule has 0 unspecified atom stereocenters. The van der Waals surface area contributed by atoms with Gasteiger partial charge in [0.1, 0.15) is 0 Å². The van der Waals surface area contributed by atoms with Gasteiger partial charge in [-0.2, -0.15) is 0 Å². The van der Waals surface area contributed by atoms with Gasteiger partial charge < -0.3 is 21.7 Å². The lowest BCUT2D eigenvalue weighted by Crippen LogP contribution is -2.41. The van der Waals surface area contributed by atoms with Crippen LogP contribution in [-0.4, -0.2) is 43.9 Å². The Kier molecular flexibility index (Phi) is 10.2. The molecule has 0 aliphatic rings. The monoisotopic (exact) mass is 392 g/mol. The quantitative estimate of drug-likeness (QED) is 0.480. The van der Waals surface area contributed by atoms with Crippen LogP contribution >= 0.6 is 28.3 Å². The Bertz CT molecular complexity index is 528. The summed E-state index contributed by atoms with van der Waals surface area (Å²) >= 11 is 3.29. The van der Waals surface area contributed by atoms with Crippen molar-refractivity contribution in [3.63, 3.8) is 0 Å². The molecule has 5 N–H and O–H groups in total. The molecule has 3 amide bonds. The summed E-state index contributed by atoms with van der Waals surface area (Å²) in [5, 5.41) is 7.58. The maximum Gasteiger partial charge on any atom is 0.251 e. The van der Waals surface area contributed by atoms with Crippen LogP contribution in [0.1, 0.15) is 10.4 Å². The fraction of sp³-hybridized carbons (Fsp3) is 0.308. The van der Waals surface area contributed by atoms with Crippen molar-refractivity contribution in [2.24, 2.45) is 5.73 Å². The summed E-state index contributed by atoms with van der Waals surface area (Å²) in [5.41, 5.74) is 5.62. The highest BCUT2D eigenvalue weighted by molar-refractivity contribution is 9.10. The number of hydrogen-bond donors (Lipinski definition) is 4. The third kappa shape index (κ3) is 7.96. The van der Waals surface area contributed by atoms with Crippen molar-refractivity contribution < 1.29 is 14.4 Å². The number of halogens is 2. The molecule has 1 aromatic carbocycles. The van der Waals surface area contributed by atoms with Gasteiger partial charge >= 0.3 is 0 Å². The van der Waals surface area contributed by atoms with Crippen LogP contribution in [0.4, 0.5) is 0 Å². The van der Waals surface area contributed by atoms with E-state index < -0.39 is 5.91 Å². The number of nitrogens with two attached hydrogens (primary N) is 1. The number of amides is 3. The number of benzene rings is 1. The molecular formula is C13H18BrClN4O3. The lowest BCUT2D eigenvalue weighted by Gasteiger charge is -2.08. The van der Waals surface area contributed by atoms with E-state index in [1.807, 2.05) is 6.07 Å². The minimum atomic E-state index is -0.395. The van der Waals surface area contributed by atoms with E-state index in [4.69, 9.17) is 5.73 Å². The smallest absolute Gasteiger partial charge is 0.251 e. The van der Waals surface area contributed by atoms with E-state index in [1.165, 1.54) is 0 Å². The zero-order valence-corrected chi connectivity index (χ0v) is 14.1. The van der Waals surface area contributed by atoms with Crippen molar-refractivity contribution in [2.45, 2.75) is 0 Å². The summed E-state index contributed by atoms with van der Waals surface area (Å²) in [6, 6.07) is 6.99. The standard InChI is InChI=1S/C13H17BrN4O3.ClH/c14-10-3-1-2-9(6-10)13(21)17-5-4-16-12(20)8-18-11(19)7-15;/h1-3,6H,4-5,7-8,15H2,(H,16,20)(H,17,21)(H,18,19);1H. The van der Waals surface area contributed by atoms with E-state index in [9.17, 15) is 14.4 Å². The van der Waals surface area contributed by atoms with Crippen LogP contribution in [0.2, 0.25) is 0 Å². The Hall–Kier alpha value is -1.64. The highest BCUT2D eigenvalue weighted by Crippen LogP contribution is 2.11. The van der Waals surface area contributed by atoms with E-state index in [0.717, 1.165) is 4.47 Å². The molecule has 0 aliphatic heterocycles. The van der Waals surface area contributed by atoms with Crippen LogP contribution in [0.25, 0.3) is 0 Å². The summed E-state index contributed by atoms with van der Waals surface area (Å²) in [7, 11) is 0. The van der Waals surface area contributed by atoms with Gasteiger partial charge in [-0.05, 0) is 18.2 Å². The minimum absolute atomic E-state index is 0. The van der Waals surface area contributed by atoms with Gasteiger partial charge in [0.15, 0.2) is 0 Å². The highest BCUT2D eigenvalue weighted by atomic mass is 79.9. The second kappa shape index (κ2) is 11.0. The SMILES string of the molecule is Cl.NCC(=O)NCC(=O)NCCNC(=O)c1cccc(Br)c1.